The lowest BCUT2D eigenvalue weighted by molar-refractivity contribution is -0.289. The predicted octanol–water partition coefficient (Wildman–Crippen LogP) is 2.40. The van der Waals surface area contributed by atoms with Gasteiger partial charge in [0.2, 0.25) is 0 Å². The number of hydrogen-bond donors (Lipinski definition) is 2. The van der Waals surface area contributed by atoms with Gasteiger partial charge < -0.3 is 9.47 Å². The van der Waals surface area contributed by atoms with Crippen molar-refractivity contribution in [1.29, 1.82) is 0 Å². The summed E-state index contributed by atoms with van der Waals surface area (Å²) >= 11 is 0. The molecule has 8 nitrogen and oxygen atoms in total. The van der Waals surface area contributed by atoms with Crippen LogP contribution in [0.4, 0.5) is 4.39 Å². The van der Waals surface area contributed by atoms with Gasteiger partial charge in [0.15, 0.2) is 9.84 Å². The van der Waals surface area contributed by atoms with Gasteiger partial charge in [-0.15, -0.1) is 0 Å². The second-order valence-electron chi connectivity index (χ2n) is 6.21. The number of amides is 1. The van der Waals surface area contributed by atoms with E-state index in [0.29, 0.717) is 5.75 Å². The third-order valence-electron chi connectivity index (χ3n) is 4.39. The number of benzene rings is 2. The number of hydrogen-bond acceptors (Lipinski definition) is 7. The number of carbonyl (C=O) groups excluding carboxylic acids is 1. The molecule has 2 N–H and O–H groups in total. The standard InChI is InChI=1S/C18H18FNO7S/c19-12-2-1-3-14(10-12)27-13-4-6-15(7-5-13)28(24,25)17-8-9-26-11-16(17)18(21)20(22)23/h1-7,10,16-17,22-23H,8-9,11H2. The molecule has 3 rings (SSSR count). The van der Waals surface area contributed by atoms with Crippen LogP contribution in [0.15, 0.2) is 53.4 Å². The van der Waals surface area contributed by atoms with E-state index < -0.39 is 38.0 Å². The average Bonchev–Trinajstić information content (AvgIpc) is 2.68. The van der Waals surface area contributed by atoms with Gasteiger partial charge in [0.1, 0.15) is 17.3 Å². The van der Waals surface area contributed by atoms with Gasteiger partial charge in [-0.3, -0.25) is 15.2 Å². The van der Waals surface area contributed by atoms with Crippen LogP contribution >= 0.6 is 0 Å². The maximum Gasteiger partial charge on any atom is 0.279 e. The molecular weight excluding hydrogens is 393 g/mol. The first-order valence-electron chi connectivity index (χ1n) is 8.36. The maximum absolute atomic E-state index is 13.2. The molecule has 0 spiro atoms. The van der Waals surface area contributed by atoms with Gasteiger partial charge in [-0.1, -0.05) is 11.3 Å². The van der Waals surface area contributed by atoms with Gasteiger partial charge in [0.05, 0.1) is 22.7 Å². The summed E-state index contributed by atoms with van der Waals surface area (Å²) in [6, 6.07) is 11.0. The molecule has 0 aromatic heterocycles. The minimum Gasteiger partial charge on any atom is -0.457 e. The molecule has 2 atom stereocenters. The lowest BCUT2D eigenvalue weighted by atomic mass is 10.0. The number of nitrogens with zero attached hydrogens (tertiary/aromatic N) is 1. The van der Waals surface area contributed by atoms with E-state index in [1.165, 1.54) is 42.5 Å². The van der Waals surface area contributed by atoms with E-state index in [4.69, 9.17) is 19.9 Å². The fourth-order valence-corrected chi connectivity index (χ4v) is 4.91. The number of sulfone groups is 1. The molecule has 0 bridgehead atoms. The van der Waals surface area contributed by atoms with Crippen LogP contribution in [0.25, 0.3) is 0 Å². The Hall–Kier alpha value is -2.53. The summed E-state index contributed by atoms with van der Waals surface area (Å²) in [7, 11) is -3.95. The summed E-state index contributed by atoms with van der Waals surface area (Å²) in [5.74, 6) is -2.29. The SMILES string of the molecule is O=C(C1COCCC1S(=O)(=O)c1ccc(Oc2cccc(F)c2)cc1)N(O)O. The Morgan fingerprint density at radius 3 is 2.50 bits per heavy atom. The number of rotatable bonds is 5. The van der Waals surface area contributed by atoms with Crippen molar-refractivity contribution in [3.8, 4) is 11.5 Å². The van der Waals surface area contributed by atoms with Gasteiger partial charge in [0.25, 0.3) is 5.91 Å². The Labute approximate surface area is 160 Å². The first-order valence-corrected chi connectivity index (χ1v) is 9.90. The van der Waals surface area contributed by atoms with Gasteiger partial charge in [-0.05, 0) is 42.8 Å². The predicted molar refractivity (Wildman–Crippen MR) is 93.2 cm³/mol. The Bertz CT molecular complexity index is 947. The quantitative estimate of drug-likeness (QED) is 0.574. The fraction of sp³-hybridized carbons (Fsp3) is 0.278. The molecule has 1 heterocycles. The molecule has 150 valence electrons. The van der Waals surface area contributed by atoms with Crippen LogP contribution in [0.2, 0.25) is 0 Å². The van der Waals surface area contributed by atoms with E-state index in [9.17, 15) is 17.6 Å². The van der Waals surface area contributed by atoms with E-state index in [2.05, 4.69) is 0 Å². The lowest BCUT2D eigenvalue weighted by Crippen LogP contribution is -2.46. The highest BCUT2D eigenvalue weighted by Gasteiger charge is 2.42. The van der Waals surface area contributed by atoms with Crippen molar-refractivity contribution in [1.82, 2.24) is 5.23 Å². The monoisotopic (exact) mass is 411 g/mol. The largest absolute Gasteiger partial charge is 0.457 e. The molecule has 1 fully saturated rings. The molecule has 0 saturated carbocycles. The van der Waals surface area contributed by atoms with E-state index in [1.54, 1.807) is 6.07 Å². The van der Waals surface area contributed by atoms with Crippen molar-refractivity contribution < 1.29 is 37.5 Å². The maximum atomic E-state index is 13.2. The van der Waals surface area contributed by atoms with Crippen molar-refractivity contribution in [2.45, 2.75) is 16.6 Å². The summed E-state index contributed by atoms with van der Waals surface area (Å²) in [5.41, 5.74) is 0. The van der Waals surface area contributed by atoms with Crippen LogP contribution in [-0.4, -0.2) is 48.4 Å². The molecule has 0 radical (unpaired) electrons. The summed E-state index contributed by atoms with van der Waals surface area (Å²) in [5, 5.41) is 16.2. The van der Waals surface area contributed by atoms with E-state index in [-0.39, 0.29) is 30.3 Å². The van der Waals surface area contributed by atoms with Crippen molar-refractivity contribution >= 4 is 15.7 Å². The number of ether oxygens (including phenoxy) is 2. The van der Waals surface area contributed by atoms with Crippen LogP contribution in [0, 0.1) is 11.7 Å². The molecule has 2 aromatic rings. The third kappa shape index (κ3) is 4.30. The Morgan fingerprint density at radius 1 is 1.14 bits per heavy atom. The van der Waals surface area contributed by atoms with Crippen LogP contribution < -0.4 is 4.74 Å². The van der Waals surface area contributed by atoms with Crippen LogP contribution in [-0.2, 0) is 19.4 Å². The normalized spacial score (nSPS) is 19.8. The van der Waals surface area contributed by atoms with Gasteiger partial charge in [-0.25, -0.2) is 12.8 Å². The Kier molecular flexibility index (Phi) is 5.94. The minimum absolute atomic E-state index is 0.0358. The highest BCUT2D eigenvalue weighted by Crippen LogP contribution is 2.30. The van der Waals surface area contributed by atoms with Gasteiger partial charge in [0, 0.05) is 12.7 Å². The van der Waals surface area contributed by atoms with Gasteiger partial charge >= 0.3 is 0 Å². The van der Waals surface area contributed by atoms with Crippen molar-refractivity contribution in [2.75, 3.05) is 13.2 Å². The topological polar surface area (TPSA) is 113 Å². The summed E-state index contributed by atoms with van der Waals surface area (Å²) < 4.78 is 49.7. The molecule has 1 aliphatic heterocycles. The third-order valence-corrected chi connectivity index (χ3v) is 6.68. The Balaban J connectivity index is 1.82. The van der Waals surface area contributed by atoms with Crippen molar-refractivity contribution in [3.05, 3.63) is 54.3 Å². The average molecular weight is 411 g/mol. The van der Waals surface area contributed by atoms with Crippen LogP contribution in [0.3, 0.4) is 0 Å². The molecule has 2 aromatic carbocycles. The fourth-order valence-electron chi connectivity index (χ4n) is 3.01. The first kappa shape index (κ1) is 20.2. The van der Waals surface area contributed by atoms with E-state index in [0.717, 1.165) is 0 Å². The molecular formula is C18H18FNO7S. The van der Waals surface area contributed by atoms with Crippen molar-refractivity contribution in [2.24, 2.45) is 5.92 Å². The minimum atomic E-state index is -3.95. The first-order chi connectivity index (χ1) is 13.3. The van der Waals surface area contributed by atoms with E-state index in [1.807, 2.05) is 0 Å². The zero-order valence-electron chi connectivity index (χ0n) is 14.6. The van der Waals surface area contributed by atoms with Gasteiger partial charge in [-0.2, -0.15) is 0 Å². The van der Waals surface area contributed by atoms with E-state index >= 15 is 0 Å². The van der Waals surface area contributed by atoms with Crippen molar-refractivity contribution in [3.63, 3.8) is 0 Å². The molecule has 1 aliphatic rings. The molecule has 1 amide bonds. The van der Waals surface area contributed by atoms with Crippen LogP contribution in [0.1, 0.15) is 6.42 Å². The second-order valence-corrected chi connectivity index (χ2v) is 8.38. The molecule has 2 unspecified atom stereocenters. The summed E-state index contributed by atoms with van der Waals surface area (Å²) in [6.45, 7) is -0.105. The molecule has 10 heteroatoms. The number of carbonyl (C=O) groups is 1. The summed E-state index contributed by atoms with van der Waals surface area (Å²) in [4.78, 5) is 11.9. The molecule has 0 aliphatic carbocycles. The smallest absolute Gasteiger partial charge is 0.279 e. The summed E-state index contributed by atoms with van der Waals surface area (Å²) in [6.07, 6.45) is 0.0358. The highest BCUT2D eigenvalue weighted by atomic mass is 32.2. The molecule has 1 saturated heterocycles. The molecule has 28 heavy (non-hydrogen) atoms. The van der Waals surface area contributed by atoms with Crippen LogP contribution in [0.5, 0.6) is 11.5 Å². The zero-order valence-corrected chi connectivity index (χ0v) is 15.4. The number of hydroxylamine groups is 2. The Morgan fingerprint density at radius 2 is 1.86 bits per heavy atom. The number of halogens is 1. The zero-order chi connectivity index (χ0) is 20.3. The lowest BCUT2D eigenvalue weighted by Gasteiger charge is -2.30. The highest BCUT2D eigenvalue weighted by molar-refractivity contribution is 7.92. The second kappa shape index (κ2) is 8.23.